The summed E-state index contributed by atoms with van der Waals surface area (Å²) in [5, 5.41) is 5.72. The van der Waals surface area contributed by atoms with Crippen molar-refractivity contribution in [1.29, 1.82) is 0 Å². The van der Waals surface area contributed by atoms with Gasteiger partial charge >= 0.3 is 0 Å². The van der Waals surface area contributed by atoms with E-state index >= 15 is 0 Å². The van der Waals surface area contributed by atoms with Gasteiger partial charge in [0.05, 0.1) is 6.26 Å². The van der Waals surface area contributed by atoms with Gasteiger partial charge in [-0.05, 0) is 18.5 Å². The number of nitrogens with one attached hydrogen (secondary N) is 1. The highest BCUT2D eigenvalue weighted by Gasteiger charge is 2.12. The Morgan fingerprint density at radius 3 is 3.00 bits per heavy atom. The predicted molar refractivity (Wildman–Crippen MR) is 61.7 cm³/mol. The fourth-order valence-electron chi connectivity index (χ4n) is 2.07. The molecule has 0 radical (unpaired) electrons. The van der Waals surface area contributed by atoms with Crippen LogP contribution in [0.1, 0.15) is 12.2 Å². The fourth-order valence-corrected chi connectivity index (χ4v) is 2.07. The van der Waals surface area contributed by atoms with Crippen LogP contribution < -0.4 is 5.32 Å². The molecule has 2 heterocycles. The first-order valence-corrected chi connectivity index (χ1v) is 5.31. The molecule has 2 heteroatoms. The maximum absolute atomic E-state index is 5.66. The van der Waals surface area contributed by atoms with Crippen LogP contribution in [0.3, 0.4) is 0 Å². The Morgan fingerprint density at radius 2 is 2.13 bits per heavy atom. The van der Waals surface area contributed by atoms with Crippen LogP contribution in [0.15, 0.2) is 41.0 Å². The lowest BCUT2D eigenvalue weighted by molar-refractivity contribution is 0.551. The van der Waals surface area contributed by atoms with Gasteiger partial charge in [0.2, 0.25) is 0 Å². The summed E-state index contributed by atoms with van der Waals surface area (Å²) in [5.74, 6) is 1.05. The SMILES string of the molecule is C1=C(c2occ3ccccc23)CCNC1. The Kier molecular flexibility index (Phi) is 2.07. The van der Waals surface area contributed by atoms with Gasteiger partial charge in [-0.1, -0.05) is 30.3 Å². The zero-order valence-corrected chi connectivity index (χ0v) is 8.49. The van der Waals surface area contributed by atoms with E-state index in [1.165, 1.54) is 16.3 Å². The van der Waals surface area contributed by atoms with E-state index in [1.807, 2.05) is 12.3 Å². The second-order valence-corrected chi connectivity index (χ2v) is 3.84. The van der Waals surface area contributed by atoms with Gasteiger partial charge in [0.1, 0.15) is 5.76 Å². The second kappa shape index (κ2) is 3.55. The summed E-state index contributed by atoms with van der Waals surface area (Å²) in [6, 6.07) is 8.31. The zero-order chi connectivity index (χ0) is 10.1. The lowest BCUT2D eigenvalue weighted by Gasteiger charge is -2.11. The molecular weight excluding hydrogens is 186 g/mol. The maximum atomic E-state index is 5.66. The van der Waals surface area contributed by atoms with E-state index in [2.05, 4.69) is 29.6 Å². The molecule has 2 aromatic rings. The zero-order valence-electron chi connectivity index (χ0n) is 8.49. The van der Waals surface area contributed by atoms with Crippen LogP contribution in [0.5, 0.6) is 0 Å². The average molecular weight is 199 g/mol. The lowest BCUT2D eigenvalue weighted by atomic mass is 10.0. The van der Waals surface area contributed by atoms with Gasteiger partial charge in [-0.25, -0.2) is 0 Å². The van der Waals surface area contributed by atoms with Crippen LogP contribution in [0.4, 0.5) is 0 Å². The smallest absolute Gasteiger partial charge is 0.137 e. The van der Waals surface area contributed by atoms with Crippen molar-refractivity contribution in [2.45, 2.75) is 6.42 Å². The van der Waals surface area contributed by atoms with Crippen LogP contribution in [0, 0.1) is 0 Å². The number of benzene rings is 1. The van der Waals surface area contributed by atoms with Crippen molar-refractivity contribution in [3.05, 3.63) is 42.4 Å². The van der Waals surface area contributed by atoms with E-state index in [0.717, 1.165) is 25.3 Å². The summed E-state index contributed by atoms with van der Waals surface area (Å²) >= 11 is 0. The van der Waals surface area contributed by atoms with Crippen LogP contribution in [0.25, 0.3) is 16.3 Å². The van der Waals surface area contributed by atoms with E-state index < -0.39 is 0 Å². The summed E-state index contributed by atoms with van der Waals surface area (Å²) in [6.07, 6.45) is 5.11. The molecule has 1 aliphatic heterocycles. The molecule has 1 aliphatic rings. The van der Waals surface area contributed by atoms with Crippen molar-refractivity contribution in [2.24, 2.45) is 0 Å². The normalized spacial score (nSPS) is 16.7. The molecule has 3 rings (SSSR count). The van der Waals surface area contributed by atoms with Crippen molar-refractivity contribution >= 4 is 16.3 Å². The van der Waals surface area contributed by atoms with Crippen molar-refractivity contribution < 1.29 is 4.42 Å². The number of furan rings is 1. The monoisotopic (exact) mass is 199 g/mol. The Morgan fingerprint density at radius 1 is 1.20 bits per heavy atom. The number of hydrogen-bond donors (Lipinski definition) is 1. The molecule has 0 saturated heterocycles. The van der Waals surface area contributed by atoms with Crippen molar-refractivity contribution in [3.63, 3.8) is 0 Å². The van der Waals surface area contributed by atoms with E-state index in [4.69, 9.17) is 4.42 Å². The fraction of sp³-hybridized carbons (Fsp3) is 0.231. The third-order valence-electron chi connectivity index (χ3n) is 2.86. The van der Waals surface area contributed by atoms with Crippen LogP contribution in [-0.4, -0.2) is 13.1 Å². The molecule has 76 valence electrons. The first-order valence-electron chi connectivity index (χ1n) is 5.31. The molecule has 0 saturated carbocycles. The molecule has 0 aliphatic carbocycles. The van der Waals surface area contributed by atoms with Gasteiger partial charge in [-0.2, -0.15) is 0 Å². The van der Waals surface area contributed by atoms with E-state index in [1.54, 1.807) is 0 Å². The van der Waals surface area contributed by atoms with Crippen LogP contribution in [0.2, 0.25) is 0 Å². The molecule has 0 spiro atoms. The minimum absolute atomic E-state index is 0.949. The summed E-state index contributed by atoms with van der Waals surface area (Å²) in [6.45, 7) is 1.99. The largest absolute Gasteiger partial charge is 0.463 e. The Labute approximate surface area is 88.6 Å². The van der Waals surface area contributed by atoms with Gasteiger partial charge in [0.15, 0.2) is 0 Å². The highest BCUT2D eigenvalue weighted by Crippen LogP contribution is 2.29. The first kappa shape index (κ1) is 8.74. The molecule has 0 atom stereocenters. The van der Waals surface area contributed by atoms with Gasteiger partial charge in [0.25, 0.3) is 0 Å². The maximum Gasteiger partial charge on any atom is 0.137 e. The molecule has 2 nitrogen and oxygen atoms in total. The second-order valence-electron chi connectivity index (χ2n) is 3.84. The van der Waals surface area contributed by atoms with Crippen molar-refractivity contribution in [3.8, 4) is 0 Å². The highest BCUT2D eigenvalue weighted by molar-refractivity contribution is 5.91. The Balaban J connectivity index is 2.14. The first-order chi connectivity index (χ1) is 7.45. The van der Waals surface area contributed by atoms with Gasteiger partial charge in [-0.3, -0.25) is 0 Å². The minimum Gasteiger partial charge on any atom is -0.463 e. The molecular formula is C13H13NO. The predicted octanol–water partition coefficient (Wildman–Crippen LogP) is 2.81. The molecule has 0 amide bonds. The quantitative estimate of drug-likeness (QED) is 0.764. The molecule has 15 heavy (non-hydrogen) atoms. The van der Waals surface area contributed by atoms with Gasteiger partial charge < -0.3 is 9.73 Å². The number of hydrogen-bond acceptors (Lipinski definition) is 2. The van der Waals surface area contributed by atoms with Gasteiger partial charge in [-0.15, -0.1) is 0 Å². The summed E-state index contributed by atoms with van der Waals surface area (Å²) in [4.78, 5) is 0. The van der Waals surface area contributed by atoms with Crippen LogP contribution in [-0.2, 0) is 0 Å². The summed E-state index contributed by atoms with van der Waals surface area (Å²) in [5.41, 5.74) is 1.33. The standard InChI is InChI=1S/C13H13NO/c1-2-4-12-11(3-1)9-15-13(12)10-5-7-14-8-6-10/h1-5,9,14H,6-8H2. The number of fused-ring (bicyclic) bond motifs is 1. The van der Waals surface area contributed by atoms with Crippen LogP contribution >= 0.6 is 0 Å². The molecule has 1 aromatic carbocycles. The van der Waals surface area contributed by atoms with Crippen molar-refractivity contribution in [1.82, 2.24) is 5.32 Å². The highest BCUT2D eigenvalue weighted by atomic mass is 16.3. The third kappa shape index (κ3) is 1.47. The van der Waals surface area contributed by atoms with Gasteiger partial charge in [0, 0.05) is 17.3 Å². The summed E-state index contributed by atoms with van der Waals surface area (Å²) < 4.78 is 5.66. The summed E-state index contributed by atoms with van der Waals surface area (Å²) in [7, 11) is 0. The lowest BCUT2D eigenvalue weighted by Crippen LogP contribution is -2.19. The average Bonchev–Trinajstić information content (AvgIpc) is 2.74. The topological polar surface area (TPSA) is 25.2 Å². The molecule has 0 bridgehead atoms. The minimum atomic E-state index is 0.949. The van der Waals surface area contributed by atoms with Crippen molar-refractivity contribution in [2.75, 3.05) is 13.1 Å². The van der Waals surface area contributed by atoms with E-state index in [0.29, 0.717) is 0 Å². The Bertz CT molecular complexity index is 510. The number of rotatable bonds is 1. The molecule has 0 unspecified atom stereocenters. The van der Waals surface area contributed by atoms with E-state index in [-0.39, 0.29) is 0 Å². The van der Waals surface area contributed by atoms with E-state index in [9.17, 15) is 0 Å². The molecule has 1 aromatic heterocycles. The molecule has 0 fully saturated rings. The third-order valence-corrected chi connectivity index (χ3v) is 2.86. The Hall–Kier alpha value is -1.54. The molecule has 1 N–H and O–H groups in total.